The van der Waals surface area contributed by atoms with Gasteiger partial charge in [0.05, 0.1) is 17.1 Å². The average Bonchev–Trinajstić information content (AvgIpc) is 3.30. The van der Waals surface area contributed by atoms with Crippen molar-refractivity contribution in [3.8, 4) is 5.69 Å². The van der Waals surface area contributed by atoms with Gasteiger partial charge in [0, 0.05) is 11.9 Å². The summed E-state index contributed by atoms with van der Waals surface area (Å²) in [6.45, 7) is 1.89. The molecule has 128 valence electrons. The fourth-order valence-electron chi connectivity index (χ4n) is 3.14. The topological polar surface area (TPSA) is 47.2 Å². The maximum atomic E-state index is 13.2. The molecule has 1 atom stereocenters. The molecular weight excluding hydrogens is 354 g/mol. The maximum Gasteiger partial charge on any atom is 0.295 e. The number of para-hydroxylation sites is 1. The second-order valence-electron chi connectivity index (χ2n) is 5.85. The third-order valence-corrected chi connectivity index (χ3v) is 6.69. The number of carbonyl (C=O) groups excluding carboxylic acids is 1. The Labute approximate surface area is 153 Å². The smallest absolute Gasteiger partial charge is 0.287 e. The fraction of sp³-hybridized carbons (Fsp3) is 0.222. The summed E-state index contributed by atoms with van der Waals surface area (Å²) in [5.41, 5.74) is 1.88. The van der Waals surface area contributed by atoms with Crippen molar-refractivity contribution in [3.05, 3.63) is 68.8 Å². The van der Waals surface area contributed by atoms with Crippen molar-refractivity contribution in [2.24, 2.45) is 7.05 Å². The minimum Gasteiger partial charge on any atom is -0.287 e. The van der Waals surface area contributed by atoms with Gasteiger partial charge < -0.3 is 0 Å². The maximum absolute atomic E-state index is 13.2. The van der Waals surface area contributed by atoms with Gasteiger partial charge in [-0.1, -0.05) is 24.3 Å². The minimum absolute atomic E-state index is 0.0191. The van der Waals surface area contributed by atoms with Crippen molar-refractivity contribution in [2.75, 3.05) is 10.7 Å². The van der Waals surface area contributed by atoms with Gasteiger partial charge in [0.1, 0.15) is 11.1 Å². The predicted molar refractivity (Wildman–Crippen MR) is 103 cm³/mol. The Balaban J connectivity index is 1.88. The zero-order chi connectivity index (χ0) is 17.6. The molecule has 1 amide bonds. The Bertz CT molecular complexity index is 974. The lowest BCUT2D eigenvalue weighted by Crippen LogP contribution is -2.32. The number of thioether (sulfide) groups is 1. The molecule has 0 spiro atoms. The van der Waals surface area contributed by atoms with Crippen molar-refractivity contribution in [2.45, 2.75) is 12.3 Å². The van der Waals surface area contributed by atoms with Crippen LogP contribution in [0.1, 0.15) is 15.9 Å². The summed E-state index contributed by atoms with van der Waals surface area (Å²) >= 11 is 3.18. The van der Waals surface area contributed by atoms with Crippen LogP contribution in [0.5, 0.6) is 0 Å². The number of thiophene rings is 1. The van der Waals surface area contributed by atoms with Crippen molar-refractivity contribution in [3.63, 3.8) is 0 Å². The minimum atomic E-state index is -0.163. The van der Waals surface area contributed by atoms with Crippen LogP contribution < -0.4 is 10.5 Å². The normalized spacial score (nSPS) is 17.4. The van der Waals surface area contributed by atoms with E-state index in [1.807, 2.05) is 66.5 Å². The lowest BCUT2D eigenvalue weighted by Gasteiger charge is -2.21. The summed E-state index contributed by atoms with van der Waals surface area (Å²) in [6.07, 6.45) is 0. The molecule has 25 heavy (non-hydrogen) atoms. The first-order chi connectivity index (χ1) is 12.1. The van der Waals surface area contributed by atoms with E-state index in [0.29, 0.717) is 11.4 Å². The molecular formula is C18H17N3O2S2. The van der Waals surface area contributed by atoms with Gasteiger partial charge in [0.25, 0.3) is 5.56 Å². The Morgan fingerprint density at radius 2 is 1.84 bits per heavy atom. The van der Waals surface area contributed by atoms with Crippen LogP contribution in [0.15, 0.2) is 52.6 Å². The van der Waals surface area contributed by atoms with Crippen LogP contribution >= 0.6 is 23.1 Å². The highest BCUT2D eigenvalue weighted by molar-refractivity contribution is 8.01. The second-order valence-corrected chi connectivity index (χ2v) is 7.90. The van der Waals surface area contributed by atoms with Crippen LogP contribution in [0.3, 0.4) is 0 Å². The van der Waals surface area contributed by atoms with Gasteiger partial charge in [-0.3, -0.25) is 19.2 Å². The van der Waals surface area contributed by atoms with E-state index in [9.17, 15) is 9.59 Å². The molecule has 0 saturated carbocycles. The quantitative estimate of drug-likeness (QED) is 0.710. The van der Waals surface area contributed by atoms with Gasteiger partial charge in [-0.15, -0.1) is 23.1 Å². The fourth-order valence-corrected chi connectivity index (χ4v) is 5.26. The Morgan fingerprint density at radius 1 is 1.08 bits per heavy atom. The molecule has 0 radical (unpaired) electrons. The van der Waals surface area contributed by atoms with E-state index in [0.717, 1.165) is 16.3 Å². The summed E-state index contributed by atoms with van der Waals surface area (Å²) in [5, 5.41) is 1.86. The largest absolute Gasteiger partial charge is 0.295 e. The SMILES string of the molecule is Cc1c(N2C(=O)CS[C@H]2c2cccs2)c(=O)n(-c2ccccc2)n1C. The number of rotatable bonds is 3. The summed E-state index contributed by atoms with van der Waals surface area (Å²) in [4.78, 5) is 28.6. The van der Waals surface area contributed by atoms with E-state index in [4.69, 9.17) is 0 Å². The molecule has 0 unspecified atom stereocenters. The Kier molecular flexibility index (Phi) is 4.05. The molecule has 0 N–H and O–H groups in total. The van der Waals surface area contributed by atoms with Crippen LogP contribution in [0.4, 0.5) is 5.69 Å². The zero-order valence-electron chi connectivity index (χ0n) is 13.9. The van der Waals surface area contributed by atoms with Crippen LogP contribution in [0.25, 0.3) is 5.69 Å². The lowest BCUT2D eigenvalue weighted by molar-refractivity contribution is -0.115. The van der Waals surface area contributed by atoms with Crippen molar-refractivity contribution in [1.29, 1.82) is 0 Å². The standard InChI is InChI=1S/C18H17N3O2S2/c1-12-16(17(23)21(19(12)2)13-7-4-3-5-8-13)20-15(22)11-25-18(20)14-9-6-10-24-14/h3-10,18H,11H2,1-2H3/t18-/m0/s1. The van der Waals surface area contributed by atoms with Gasteiger partial charge in [-0.2, -0.15) is 0 Å². The molecule has 1 fully saturated rings. The van der Waals surface area contributed by atoms with Crippen molar-refractivity contribution < 1.29 is 4.79 Å². The number of anilines is 1. The molecule has 0 aliphatic carbocycles. The predicted octanol–water partition coefficient (Wildman–Crippen LogP) is 3.32. The molecule has 3 heterocycles. The van der Waals surface area contributed by atoms with Crippen LogP contribution in [-0.4, -0.2) is 21.0 Å². The molecule has 0 bridgehead atoms. The number of nitrogens with zero attached hydrogens (tertiary/aromatic N) is 3. The zero-order valence-corrected chi connectivity index (χ0v) is 15.5. The van der Waals surface area contributed by atoms with E-state index in [-0.39, 0.29) is 16.8 Å². The number of amides is 1. The van der Waals surface area contributed by atoms with Crippen LogP contribution in [0.2, 0.25) is 0 Å². The van der Waals surface area contributed by atoms with Crippen molar-refractivity contribution >= 4 is 34.7 Å². The van der Waals surface area contributed by atoms with E-state index in [1.54, 1.807) is 32.7 Å². The number of hydrogen-bond acceptors (Lipinski definition) is 4. The van der Waals surface area contributed by atoms with E-state index < -0.39 is 0 Å². The summed E-state index contributed by atoms with van der Waals surface area (Å²) in [7, 11) is 1.85. The van der Waals surface area contributed by atoms with E-state index in [2.05, 4.69) is 0 Å². The first kappa shape index (κ1) is 16.2. The highest BCUT2D eigenvalue weighted by Gasteiger charge is 2.38. The third-order valence-electron chi connectivity index (χ3n) is 4.42. The molecule has 1 aliphatic rings. The Morgan fingerprint density at radius 3 is 2.52 bits per heavy atom. The molecule has 1 saturated heterocycles. The Hall–Kier alpha value is -2.25. The van der Waals surface area contributed by atoms with Crippen LogP contribution in [-0.2, 0) is 11.8 Å². The second kappa shape index (κ2) is 6.24. The molecule has 3 aromatic rings. The summed E-state index contributed by atoms with van der Waals surface area (Å²) in [5.74, 6) is 0.371. The van der Waals surface area contributed by atoms with Crippen molar-refractivity contribution in [1.82, 2.24) is 9.36 Å². The highest BCUT2D eigenvalue weighted by atomic mass is 32.2. The highest BCUT2D eigenvalue weighted by Crippen LogP contribution is 2.43. The number of carbonyl (C=O) groups is 1. The van der Waals surface area contributed by atoms with Gasteiger partial charge in [0.2, 0.25) is 5.91 Å². The average molecular weight is 371 g/mol. The van der Waals surface area contributed by atoms with Gasteiger partial charge in [-0.25, -0.2) is 4.68 Å². The lowest BCUT2D eigenvalue weighted by atomic mass is 10.3. The monoisotopic (exact) mass is 371 g/mol. The molecule has 1 aromatic carbocycles. The van der Waals surface area contributed by atoms with Gasteiger partial charge in [-0.05, 0) is 30.5 Å². The van der Waals surface area contributed by atoms with E-state index >= 15 is 0 Å². The molecule has 2 aromatic heterocycles. The summed E-state index contributed by atoms with van der Waals surface area (Å²) in [6, 6.07) is 13.5. The number of aromatic nitrogens is 2. The first-order valence-corrected chi connectivity index (χ1v) is 9.83. The first-order valence-electron chi connectivity index (χ1n) is 7.90. The van der Waals surface area contributed by atoms with Gasteiger partial charge >= 0.3 is 0 Å². The molecule has 4 rings (SSSR count). The van der Waals surface area contributed by atoms with Gasteiger partial charge in [0.15, 0.2) is 0 Å². The van der Waals surface area contributed by atoms with E-state index in [1.165, 1.54) is 0 Å². The number of benzene rings is 1. The molecule has 7 heteroatoms. The molecule has 5 nitrogen and oxygen atoms in total. The third kappa shape index (κ3) is 2.54. The summed E-state index contributed by atoms with van der Waals surface area (Å²) < 4.78 is 3.43. The molecule has 1 aliphatic heterocycles. The number of hydrogen-bond donors (Lipinski definition) is 0. The van der Waals surface area contributed by atoms with Crippen LogP contribution in [0, 0.1) is 6.92 Å².